The first-order valence-corrected chi connectivity index (χ1v) is 6.41. The van der Waals surface area contributed by atoms with Gasteiger partial charge >= 0.3 is 0 Å². The topological polar surface area (TPSA) is 36.2 Å². The number of nitrogens with one attached hydrogen (secondary N) is 1. The molecule has 0 unspecified atom stereocenters. The van der Waals surface area contributed by atoms with Crippen molar-refractivity contribution >= 4 is 12.4 Å². The van der Waals surface area contributed by atoms with E-state index in [0.717, 1.165) is 5.57 Å². The second kappa shape index (κ2) is 8.62. The van der Waals surface area contributed by atoms with Gasteiger partial charge in [0, 0.05) is 12.4 Å². The van der Waals surface area contributed by atoms with E-state index in [9.17, 15) is 0 Å². The highest BCUT2D eigenvalue weighted by Gasteiger charge is 2.01. The molecule has 0 aromatic rings. The molecular weight excluding hydrogens is 220 g/mol. The molecule has 18 heavy (non-hydrogen) atoms. The van der Waals surface area contributed by atoms with Crippen LogP contribution in [0.4, 0.5) is 0 Å². The molecule has 0 saturated carbocycles. The quantitative estimate of drug-likeness (QED) is 0.531. The van der Waals surface area contributed by atoms with Gasteiger partial charge in [0.1, 0.15) is 0 Å². The smallest absolute Gasteiger partial charge is 0.0573 e. The monoisotopic (exact) mass is 246 g/mol. The summed E-state index contributed by atoms with van der Waals surface area (Å²) in [5, 5.41) is 7.08. The third kappa shape index (κ3) is 9.76. The van der Waals surface area contributed by atoms with E-state index in [1.807, 2.05) is 30.5 Å². The zero-order valence-corrected chi connectivity index (χ0v) is 12.3. The number of aliphatic imine (C=N–C) groups is 1. The number of rotatable bonds is 6. The molecule has 1 N–H and O–H groups in total. The fourth-order valence-electron chi connectivity index (χ4n) is 1.24. The van der Waals surface area contributed by atoms with Crippen LogP contribution in [-0.4, -0.2) is 19.0 Å². The van der Waals surface area contributed by atoms with E-state index in [-0.39, 0.29) is 5.41 Å². The molecule has 2 nitrogen and oxygen atoms in total. The summed E-state index contributed by atoms with van der Waals surface area (Å²) in [6, 6.07) is 0. The van der Waals surface area contributed by atoms with Crippen molar-refractivity contribution in [3.63, 3.8) is 0 Å². The van der Waals surface area contributed by atoms with Gasteiger partial charge in [-0.1, -0.05) is 52.8 Å². The van der Waals surface area contributed by atoms with E-state index in [1.54, 1.807) is 0 Å². The maximum atomic E-state index is 7.08. The van der Waals surface area contributed by atoms with Crippen molar-refractivity contribution in [2.45, 2.75) is 34.6 Å². The molecule has 0 aromatic heterocycles. The molecule has 0 aliphatic carbocycles. The Labute approximate surface area is 112 Å². The van der Waals surface area contributed by atoms with Gasteiger partial charge in [0.05, 0.1) is 6.54 Å². The standard InChI is InChI=1S/C16H26N2/c1-14(2)15(9-11-17)8-6-12-18-13-7-10-16(3,4)5/h6-11,13-14,17H,12H2,1-5H3/b8-6+,10-7-,15-9+,17-11?,18-13-. The van der Waals surface area contributed by atoms with Gasteiger partial charge in [-0.15, -0.1) is 0 Å². The molecule has 2 heteroatoms. The summed E-state index contributed by atoms with van der Waals surface area (Å²) in [4.78, 5) is 4.28. The van der Waals surface area contributed by atoms with Crippen LogP contribution in [0.25, 0.3) is 0 Å². The van der Waals surface area contributed by atoms with Crippen molar-refractivity contribution in [2.75, 3.05) is 6.54 Å². The largest absolute Gasteiger partial charge is 0.309 e. The van der Waals surface area contributed by atoms with Crippen molar-refractivity contribution in [1.82, 2.24) is 0 Å². The lowest BCUT2D eigenvalue weighted by Crippen LogP contribution is -1.98. The lowest BCUT2D eigenvalue weighted by molar-refractivity contribution is 0.545. The molecule has 0 rings (SSSR count). The van der Waals surface area contributed by atoms with Gasteiger partial charge in [-0.3, -0.25) is 4.99 Å². The minimum Gasteiger partial charge on any atom is -0.309 e. The number of allylic oxidation sites excluding steroid dienone is 5. The van der Waals surface area contributed by atoms with Crippen molar-refractivity contribution < 1.29 is 0 Å². The molecule has 0 aliphatic heterocycles. The van der Waals surface area contributed by atoms with Gasteiger partial charge < -0.3 is 5.41 Å². The maximum Gasteiger partial charge on any atom is 0.0573 e. The predicted molar refractivity (Wildman–Crippen MR) is 82.8 cm³/mol. The summed E-state index contributed by atoms with van der Waals surface area (Å²) in [5.41, 5.74) is 1.37. The molecule has 0 bridgehead atoms. The molecule has 0 heterocycles. The fraction of sp³-hybridized carbons (Fsp3) is 0.500. The molecule has 0 aromatic carbocycles. The number of nitrogens with zero attached hydrogens (tertiary/aromatic N) is 1. The molecule has 0 atom stereocenters. The van der Waals surface area contributed by atoms with E-state index >= 15 is 0 Å². The minimum absolute atomic E-state index is 0.208. The van der Waals surface area contributed by atoms with Gasteiger partial charge in [-0.25, -0.2) is 0 Å². The van der Waals surface area contributed by atoms with Gasteiger partial charge in [0.15, 0.2) is 0 Å². The Morgan fingerprint density at radius 1 is 1.28 bits per heavy atom. The van der Waals surface area contributed by atoms with E-state index in [2.05, 4.69) is 45.7 Å². The first kappa shape index (κ1) is 16.6. The van der Waals surface area contributed by atoms with Crippen molar-refractivity contribution in [3.8, 4) is 0 Å². The summed E-state index contributed by atoms with van der Waals surface area (Å²) in [6.07, 6.45) is 13.2. The van der Waals surface area contributed by atoms with E-state index in [0.29, 0.717) is 12.5 Å². The van der Waals surface area contributed by atoms with Crippen LogP contribution in [-0.2, 0) is 0 Å². The van der Waals surface area contributed by atoms with Crippen LogP contribution >= 0.6 is 0 Å². The Morgan fingerprint density at radius 3 is 2.44 bits per heavy atom. The van der Waals surface area contributed by atoms with Crippen LogP contribution in [0.3, 0.4) is 0 Å². The SMILES string of the molecule is CC(C)C(=C/C=N)/C=C/C/N=C\C=C/C(C)(C)C. The van der Waals surface area contributed by atoms with Crippen molar-refractivity contribution in [1.29, 1.82) is 5.41 Å². The summed E-state index contributed by atoms with van der Waals surface area (Å²) in [6.45, 7) is 11.4. The Bertz CT molecular complexity index is 350. The van der Waals surface area contributed by atoms with Crippen LogP contribution in [0.2, 0.25) is 0 Å². The zero-order chi connectivity index (χ0) is 14.0. The van der Waals surface area contributed by atoms with Gasteiger partial charge in [-0.2, -0.15) is 0 Å². The highest BCUT2D eigenvalue weighted by molar-refractivity contribution is 5.71. The van der Waals surface area contributed by atoms with Crippen LogP contribution in [0.1, 0.15) is 34.6 Å². The first-order valence-electron chi connectivity index (χ1n) is 6.41. The third-order valence-corrected chi connectivity index (χ3v) is 2.25. The van der Waals surface area contributed by atoms with Crippen LogP contribution < -0.4 is 0 Å². The van der Waals surface area contributed by atoms with E-state index in [4.69, 9.17) is 5.41 Å². The molecule has 0 saturated heterocycles. The molecule has 0 spiro atoms. The van der Waals surface area contributed by atoms with Crippen LogP contribution in [0, 0.1) is 16.7 Å². The van der Waals surface area contributed by atoms with E-state index < -0.39 is 0 Å². The minimum atomic E-state index is 0.208. The lowest BCUT2D eigenvalue weighted by atomic mass is 9.97. The first-order chi connectivity index (χ1) is 8.37. The second-order valence-electron chi connectivity index (χ2n) is 5.63. The van der Waals surface area contributed by atoms with E-state index in [1.165, 1.54) is 6.21 Å². The summed E-state index contributed by atoms with van der Waals surface area (Å²) in [5.74, 6) is 0.438. The molecule has 0 fully saturated rings. The van der Waals surface area contributed by atoms with Crippen molar-refractivity contribution in [3.05, 3.63) is 36.0 Å². The Morgan fingerprint density at radius 2 is 1.94 bits per heavy atom. The zero-order valence-electron chi connectivity index (χ0n) is 12.3. The van der Waals surface area contributed by atoms with Crippen LogP contribution in [0.5, 0.6) is 0 Å². The molecule has 100 valence electrons. The average molecular weight is 246 g/mol. The summed E-state index contributed by atoms with van der Waals surface area (Å²) in [7, 11) is 0. The summed E-state index contributed by atoms with van der Waals surface area (Å²) < 4.78 is 0. The number of hydrogen-bond acceptors (Lipinski definition) is 2. The predicted octanol–water partition coefficient (Wildman–Crippen LogP) is 4.45. The number of hydrogen-bond donors (Lipinski definition) is 1. The normalized spacial score (nSPS) is 14.4. The Kier molecular flexibility index (Phi) is 7.93. The van der Waals surface area contributed by atoms with Crippen molar-refractivity contribution in [2.24, 2.45) is 16.3 Å². The molecule has 0 aliphatic rings. The molecular formula is C16H26N2. The molecule has 0 radical (unpaired) electrons. The maximum absolute atomic E-state index is 7.08. The van der Waals surface area contributed by atoms with Gasteiger partial charge in [-0.05, 0) is 29.1 Å². The molecule has 0 amide bonds. The Hall–Kier alpha value is -1.44. The second-order valence-corrected chi connectivity index (χ2v) is 5.63. The van der Waals surface area contributed by atoms with Gasteiger partial charge in [0.25, 0.3) is 0 Å². The highest BCUT2D eigenvalue weighted by Crippen LogP contribution is 2.13. The Balaban J connectivity index is 4.18. The fourth-order valence-corrected chi connectivity index (χ4v) is 1.24. The van der Waals surface area contributed by atoms with Gasteiger partial charge in [0.2, 0.25) is 0 Å². The van der Waals surface area contributed by atoms with Crippen LogP contribution in [0.15, 0.2) is 40.9 Å². The third-order valence-electron chi connectivity index (χ3n) is 2.25. The average Bonchev–Trinajstić information content (AvgIpc) is 2.24. The highest BCUT2D eigenvalue weighted by atomic mass is 14.7. The lowest BCUT2D eigenvalue weighted by Gasteiger charge is -2.09. The summed E-state index contributed by atoms with van der Waals surface area (Å²) >= 11 is 0.